The van der Waals surface area contributed by atoms with Gasteiger partial charge in [-0.2, -0.15) is 5.10 Å². The zero-order chi connectivity index (χ0) is 16.5. The number of aryl methyl sites for hydroxylation is 2. The molecular weight excluding hydrogens is 280 g/mol. The molecule has 6 nitrogen and oxygen atoms in total. The molecule has 1 amide bonds. The number of hydrogen-bond acceptors (Lipinski definition) is 3. The summed E-state index contributed by atoms with van der Waals surface area (Å²) in [6.45, 7) is 9.55. The van der Waals surface area contributed by atoms with Gasteiger partial charge < -0.3 is 5.32 Å². The molecule has 1 aromatic heterocycles. The third-order valence-corrected chi connectivity index (χ3v) is 3.34. The predicted molar refractivity (Wildman–Crippen MR) is 86.0 cm³/mol. The smallest absolute Gasteiger partial charge is 0.324 e. The van der Waals surface area contributed by atoms with E-state index in [1.165, 1.54) is 15.6 Å². The summed E-state index contributed by atoms with van der Waals surface area (Å²) in [5, 5.41) is 6.89. The van der Waals surface area contributed by atoms with Gasteiger partial charge in [-0.05, 0) is 46.2 Å². The third-order valence-electron chi connectivity index (χ3n) is 3.34. The lowest BCUT2D eigenvalue weighted by atomic mass is 10.1. The van der Waals surface area contributed by atoms with E-state index in [4.69, 9.17) is 0 Å². The highest BCUT2D eigenvalue weighted by molar-refractivity contribution is 5.91. The molecule has 0 saturated carbocycles. The molecule has 0 bridgehead atoms. The zero-order valence-electron chi connectivity index (χ0n) is 13.7. The minimum Gasteiger partial charge on any atom is -0.324 e. The molecule has 0 aliphatic rings. The molecule has 0 atom stereocenters. The molecule has 1 N–H and O–H groups in total. The summed E-state index contributed by atoms with van der Waals surface area (Å²) in [6.07, 6.45) is 1.40. The van der Waals surface area contributed by atoms with Crippen LogP contribution < -0.4 is 11.0 Å². The van der Waals surface area contributed by atoms with Crippen molar-refractivity contribution in [3.8, 4) is 0 Å². The molecular formula is C16H22N4O2. The van der Waals surface area contributed by atoms with Gasteiger partial charge >= 0.3 is 5.69 Å². The molecule has 1 heterocycles. The first kappa shape index (κ1) is 16.0. The molecule has 0 spiro atoms. The maximum atomic E-state index is 12.2. The Hall–Kier alpha value is -2.37. The predicted octanol–water partition coefficient (Wildman–Crippen LogP) is 2.06. The fourth-order valence-electron chi connectivity index (χ4n) is 2.20. The Morgan fingerprint density at radius 1 is 1.27 bits per heavy atom. The Kier molecular flexibility index (Phi) is 4.21. The van der Waals surface area contributed by atoms with Crippen molar-refractivity contribution in [2.45, 2.75) is 46.7 Å². The quantitative estimate of drug-likeness (QED) is 0.943. The highest BCUT2D eigenvalue weighted by Gasteiger charge is 2.19. The van der Waals surface area contributed by atoms with Crippen LogP contribution in [0.15, 0.2) is 29.3 Å². The van der Waals surface area contributed by atoms with Gasteiger partial charge in [0, 0.05) is 5.69 Å². The second-order valence-corrected chi connectivity index (χ2v) is 6.49. The zero-order valence-corrected chi connectivity index (χ0v) is 13.7. The van der Waals surface area contributed by atoms with Gasteiger partial charge in [0.25, 0.3) is 0 Å². The van der Waals surface area contributed by atoms with E-state index in [9.17, 15) is 9.59 Å². The largest absolute Gasteiger partial charge is 0.346 e. The maximum absolute atomic E-state index is 12.2. The Bertz CT molecular complexity index is 750. The van der Waals surface area contributed by atoms with Crippen LogP contribution in [0.2, 0.25) is 0 Å². The van der Waals surface area contributed by atoms with Crippen LogP contribution in [0.4, 0.5) is 5.69 Å². The van der Waals surface area contributed by atoms with Crippen LogP contribution in [0.1, 0.15) is 31.9 Å². The monoisotopic (exact) mass is 302 g/mol. The van der Waals surface area contributed by atoms with Gasteiger partial charge in [-0.3, -0.25) is 9.36 Å². The van der Waals surface area contributed by atoms with E-state index in [1.807, 2.05) is 52.8 Å². The number of nitrogens with zero attached hydrogens (tertiary/aromatic N) is 3. The lowest BCUT2D eigenvalue weighted by molar-refractivity contribution is -0.116. The molecule has 6 heteroatoms. The van der Waals surface area contributed by atoms with Gasteiger partial charge in [0.05, 0.1) is 5.54 Å². The number of nitrogens with one attached hydrogen (secondary N) is 1. The Morgan fingerprint density at radius 3 is 2.50 bits per heavy atom. The van der Waals surface area contributed by atoms with E-state index >= 15 is 0 Å². The standard InChI is InChI=1S/C16H22N4O2/c1-11-6-7-13(12(2)8-11)18-14(21)9-19-10-17-20(15(19)22)16(3,4)5/h6-8,10H,9H2,1-5H3,(H,18,21). The van der Waals surface area contributed by atoms with E-state index < -0.39 is 5.54 Å². The number of aromatic nitrogens is 3. The SMILES string of the molecule is Cc1ccc(NC(=O)Cn2cnn(C(C)(C)C)c2=O)c(C)c1. The first-order valence-electron chi connectivity index (χ1n) is 7.20. The number of hydrogen-bond donors (Lipinski definition) is 1. The van der Waals surface area contributed by atoms with Crippen molar-refractivity contribution in [1.29, 1.82) is 0 Å². The van der Waals surface area contributed by atoms with Crippen molar-refractivity contribution < 1.29 is 4.79 Å². The summed E-state index contributed by atoms with van der Waals surface area (Å²) in [5.41, 5.74) is 2.19. The minimum atomic E-state index is -0.410. The number of amides is 1. The number of benzene rings is 1. The lowest BCUT2D eigenvalue weighted by Crippen LogP contribution is -2.37. The molecule has 22 heavy (non-hydrogen) atoms. The normalized spacial score (nSPS) is 11.5. The molecule has 0 unspecified atom stereocenters. The van der Waals surface area contributed by atoms with E-state index in [0.29, 0.717) is 0 Å². The maximum Gasteiger partial charge on any atom is 0.346 e. The Morgan fingerprint density at radius 2 is 1.95 bits per heavy atom. The van der Waals surface area contributed by atoms with Crippen LogP contribution in [-0.2, 0) is 16.9 Å². The van der Waals surface area contributed by atoms with Crippen molar-refractivity contribution in [3.63, 3.8) is 0 Å². The fourth-order valence-corrected chi connectivity index (χ4v) is 2.20. The molecule has 2 rings (SSSR count). The summed E-state index contributed by atoms with van der Waals surface area (Å²) in [5.74, 6) is -0.248. The van der Waals surface area contributed by atoms with Crippen molar-refractivity contribution in [1.82, 2.24) is 14.3 Å². The van der Waals surface area contributed by atoms with Gasteiger partial charge in [-0.15, -0.1) is 0 Å². The molecule has 0 fully saturated rings. The summed E-state index contributed by atoms with van der Waals surface area (Å²) in [4.78, 5) is 24.3. The van der Waals surface area contributed by atoms with Gasteiger partial charge in [0.2, 0.25) is 5.91 Å². The molecule has 0 radical (unpaired) electrons. The Labute approximate surface area is 129 Å². The highest BCUT2D eigenvalue weighted by atomic mass is 16.2. The summed E-state index contributed by atoms with van der Waals surface area (Å²) in [6, 6.07) is 5.80. The van der Waals surface area contributed by atoms with E-state index in [-0.39, 0.29) is 18.1 Å². The van der Waals surface area contributed by atoms with E-state index in [2.05, 4.69) is 10.4 Å². The fraction of sp³-hybridized carbons (Fsp3) is 0.438. The lowest BCUT2D eigenvalue weighted by Gasteiger charge is -2.16. The average molecular weight is 302 g/mol. The van der Waals surface area contributed by atoms with E-state index in [1.54, 1.807) is 0 Å². The van der Waals surface area contributed by atoms with Crippen molar-refractivity contribution in [2.24, 2.45) is 0 Å². The van der Waals surface area contributed by atoms with Crippen LogP contribution in [0.5, 0.6) is 0 Å². The first-order valence-corrected chi connectivity index (χ1v) is 7.20. The second kappa shape index (κ2) is 5.79. The van der Waals surface area contributed by atoms with Crippen LogP contribution >= 0.6 is 0 Å². The van der Waals surface area contributed by atoms with Gasteiger partial charge in [-0.1, -0.05) is 17.7 Å². The van der Waals surface area contributed by atoms with Crippen molar-refractivity contribution in [3.05, 3.63) is 46.1 Å². The summed E-state index contributed by atoms with van der Waals surface area (Å²) < 4.78 is 2.68. The first-order chi connectivity index (χ1) is 10.2. The van der Waals surface area contributed by atoms with Crippen molar-refractivity contribution >= 4 is 11.6 Å². The molecule has 0 aliphatic heterocycles. The van der Waals surface area contributed by atoms with Crippen LogP contribution in [-0.4, -0.2) is 20.3 Å². The topological polar surface area (TPSA) is 68.9 Å². The summed E-state index contributed by atoms with van der Waals surface area (Å²) in [7, 11) is 0. The summed E-state index contributed by atoms with van der Waals surface area (Å²) >= 11 is 0. The van der Waals surface area contributed by atoms with Crippen LogP contribution in [0.25, 0.3) is 0 Å². The van der Waals surface area contributed by atoms with Gasteiger partial charge in [-0.25, -0.2) is 9.48 Å². The number of anilines is 1. The average Bonchev–Trinajstić information content (AvgIpc) is 2.74. The molecule has 118 valence electrons. The number of rotatable bonds is 3. The van der Waals surface area contributed by atoms with Gasteiger partial charge in [0.1, 0.15) is 12.9 Å². The Balaban J connectivity index is 2.13. The molecule has 1 aromatic carbocycles. The number of carbonyl (C=O) groups excluding carboxylic acids is 1. The third kappa shape index (κ3) is 3.44. The van der Waals surface area contributed by atoms with Crippen LogP contribution in [0.3, 0.4) is 0 Å². The van der Waals surface area contributed by atoms with Gasteiger partial charge in [0.15, 0.2) is 0 Å². The molecule has 0 aliphatic carbocycles. The number of carbonyl (C=O) groups is 1. The molecule has 0 saturated heterocycles. The highest BCUT2D eigenvalue weighted by Crippen LogP contribution is 2.16. The minimum absolute atomic E-state index is 0.0533. The van der Waals surface area contributed by atoms with Crippen molar-refractivity contribution in [2.75, 3.05) is 5.32 Å². The van der Waals surface area contributed by atoms with Crippen LogP contribution in [0, 0.1) is 13.8 Å². The molecule has 2 aromatic rings. The second-order valence-electron chi connectivity index (χ2n) is 6.49. The van der Waals surface area contributed by atoms with E-state index in [0.717, 1.165) is 16.8 Å².